The number of anilines is 1. The third-order valence-electron chi connectivity index (χ3n) is 6.05. The maximum atomic E-state index is 13.2. The Hall–Kier alpha value is -3.27. The average Bonchev–Trinajstić information content (AvgIpc) is 3.21. The van der Waals surface area contributed by atoms with Gasteiger partial charge in [-0.3, -0.25) is 14.4 Å². The second kappa shape index (κ2) is 8.93. The van der Waals surface area contributed by atoms with Gasteiger partial charge in [-0.15, -0.1) is 0 Å². The number of piperazine rings is 1. The molecule has 2 aromatic carbocycles. The minimum absolute atomic E-state index is 0.0109. The fourth-order valence-electron chi connectivity index (χ4n) is 4.21. The third-order valence-corrected chi connectivity index (χ3v) is 7.89. The number of Topliss-reactive ketones (excluding diaryl/α,β-unsaturated/α-hetero) is 1. The van der Waals surface area contributed by atoms with Crippen LogP contribution in [0.5, 0.6) is 0 Å². The number of rotatable bonds is 5. The molecule has 2 fully saturated rings. The summed E-state index contributed by atoms with van der Waals surface area (Å²) < 4.78 is 40.0. The summed E-state index contributed by atoms with van der Waals surface area (Å²) in [6, 6.07) is 10.3. The molecule has 10 heteroatoms. The summed E-state index contributed by atoms with van der Waals surface area (Å²) in [7, 11) is -4.27. The average molecular weight is 474 g/mol. The number of hydrogen-bond acceptors (Lipinski definition) is 6. The second-order valence-corrected chi connectivity index (χ2v) is 9.93. The fourth-order valence-corrected chi connectivity index (χ4v) is 5.81. The van der Waals surface area contributed by atoms with Crippen LogP contribution in [0.4, 0.5) is 10.1 Å². The van der Waals surface area contributed by atoms with Crippen molar-refractivity contribution in [1.29, 1.82) is 0 Å². The lowest BCUT2D eigenvalue weighted by Gasteiger charge is -2.38. The van der Waals surface area contributed by atoms with Crippen LogP contribution in [0.3, 0.4) is 0 Å². The Kier molecular flexibility index (Phi) is 6.20. The largest absolute Gasteiger partial charge is 0.368 e. The van der Waals surface area contributed by atoms with Gasteiger partial charge < -0.3 is 9.80 Å². The molecule has 2 amide bonds. The van der Waals surface area contributed by atoms with Gasteiger partial charge in [0.1, 0.15) is 11.9 Å². The maximum absolute atomic E-state index is 13.2. The predicted molar refractivity (Wildman–Crippen MR) is 119 cm³/mol. The van der Waals surface area contributed by atoms with Crippen LogP contribution in [0.25, 0.3) is 0 Å². The van der Waals surface area contributed by atoms with Crippen LogP contribution >= 0.6 is 0 Å². The molecule has 0 saturated carbocycles. The van der Waals surface area contributed by atoms with Gasteiger partial charge in [-0.2, -0.15) is 0 Å². The van der Waals surface area contributed by atoms with Crippen LogP contribution in [-0.4, -0.2) is 67.4 Å². The monoisotopic (exact) mass is 473 g/mol. The van der Waals surface area contributed by atoms with Gasteiger partial charge in [0.05, 0.1) is 4.90 Å². The summed E-state index contributed by atoms with van der Waals surface area (Å²) in [6.07, 6.45) is 0.0735. The van der Waals surface area contributed by atoms with Crippen molar-refractivity contribution < 1.29 is 27.2 Å². The molecule has 2 heterocycles. The molecule has 2 aliphatic rings. The molecule has 4 rings (SSSR count). The van der Waals surface area contributed by atoms with Gasteiger partial charge in [0.2, 0.25) is 11.8 Å². The summed E-state index contributed by atoms with van der Waals surface area (Å²) in [5.41, 5.74) is 1.56. The van der Waals surface area contributed by atoms with Gasteiger partial charge >= 0.3 is 0 Å². The molecule has 0 spiro atoms. The normalized spacial score (nSPS) is 19.2. The second-order valence-electron chi connectivity index (χ2n) is 8.12. The Bertz CT molecular complexity index is 1170. The number of halogens is 1. The number of carbonyl (C=O) groups is 3. The number of amides is 2. The van der Waals surface area contributed by atoms with Crippen LogP contribution < -0.4 is 4.90 Å². The van der Waals surface area contributed by atoms with Gasteiger partial charge in [-0.1, -0.05) is 0 Å². The van der Waals surface area contributed by atoms with E-state index in [1.165, 1.54) is 6.92 Å². The van der Waals surface area contributed by atoms with Crippen LogP contribution in [0.2, 0.25) is 0 Å². The highest BCUT2D eigenvalue weighted by Crippen LogP contribution is 2.29. The van der Waals surface area contributed by atoms with E-state index in [0.29, 0.717) is 36.0 Å². The van der Waals surface area contributed by atoms with Crippen molar-refractivity contribution >= 4 is 33.3 Å². The standard InChI is InChI=1S/C23H24FN3O5S/c1-16(28)17-2-6-19(7-3-17)25-12-14-26(15-13-25)23(30)21-10-11-22(29)27(21)33(31,32)20-8-4-18(24)5-9-20/h2-9,21H,10-15H2,1H3. The number of ketones is 1. The van der Waals surface area contributed by atoms with Crippen LogP contribution in [0, 0.1) is 5.82 Å². The van der Waals surface area contributed by atoms with Gasteiger partial charge in [0.25, 0.3) is 10.0 Å². The maximum Gasteiger partial charge on any atom is 0.267 e. The molecular weight excluding hydrogens is 449 g/mol. The lowest BCUT2D eigenvalue weighted by Crippen LogP contribution is -2.55. The van der Waals surface area contributed by atoms with Crippen molar-refractivity contribution in [2.45, 2.75) is 30.7 Å². The summed E-state index contributed by atoms with van der Waals surface area (Å²) in [5.74, 6) is -1.65. The molecule has 1 unspecified atom stereocenters. The molecule has 2 aromatic rings. The summed E-state index contributed by atoms with van der Waals surface area (Å²) in [5, 5.41) is 0. The molecule has 2 aliphatic heterocycles. The third kappa shape index (κ3) is 4.47. The van der Waals surface area contributed by atoms with Gasteiger partial charge in [0.15, 0.2) is 5.78 Å². The summed E-state index contributed by atoms with van der Waals surface area (Å²) in [4.78, 5) is 40.5. The lowest BCUT2D eigenvalue weighted by molar-refractivity contribution is -0.138. The van der Waals surface area contributed by atoms with Crippen LogP contribution in [0.15, 0.2) is 53.4 Å². The molecule has 33 heavy (non-hydrogen) atoms. The topological polar surface area (TPSA) is 95.1 Å². The van der Waals surface area contributed by atoms with Crippen molar-refractivity contribution in [3.8, 4) is 0 Å². The molecular formula is C23H24FN3O5S. The lowest BCUT2D eigenvalue weighted by atomic mass is 10.1. The first-order chi connectivity index (χ1) is 15.7. The molecule has 0 aliphatic carbocycles. The molecule has 8 nitrogen and oxygen atoms in total. The zero-order valence-electron chi connectivity index (χ0n) is 18.1. The van der Waals surface area contributed by atoms with Crippen molar-refractivity contribution in [3.63, 3.8) is 0 Å². The Morgan fingerprint density at radius 2 is 1.55 bits per heavy atom. The zero-order valence-corrected chi connectivity index (χ0v) is 18.9. The molecule has 0 bridgehead atoms. The first kappa shape index (κ1) is 22.9. The van der Waals surface area contributed by atoms with Gasteiger partial charge in [-0.25, -0.2) is 17.1 Å². The van der Waals surface area contributed by atoms with Crippen molar-refractivity contribution in [3.05, 3.63) is 59.9 Å². The number of sulfonamides is 1. The van der Waals surface area contributed by atoms with Crippen molar-refractivity contribution in [1.82, 2.24) is 9.21 Å². The first-order valence-corrected chi connectivity index (χ1v) is 12.1. The summed E-state index contributed by atoms with van der Waals surface area (Å²) in [6.45, 7) is 3.34. The predicted octanol–water partition coefficient (Wildman–Crippen LogP) is 2.06. The van der Waals surface area contributed by atoms with E-state index < -0.39 is 33.7 Å². The Labute approximate surface area is 191 Å². The number of hydrogen-bond donors (Lipinski definition) is 0. The minimum Gasteiger partial charge on any atom is -0.368 e. The Morgan fingerprint density at radius 1 is 0.939 bits per heavy atom. The van der Waals surface area contributed by atoms with E-state index in [0.717, 1.165) is 30.0 Å². The Morgan fingerprint density at radius 3 is 2.12 bits per heavy atom. The molecule has 0 aromatic heterocycles. The number of carbonyl (C=O) groups excluding carboxylic acids is 3. The van der Waals surface area contributed by atoms with E-state index in [9.17, 15) is 27.2 Å². The van der Waals surface area contributed by atoms with Crippen molar-refractivity contribution in [2.75, 3.05) is 31.1 Å². The van der Waals surface area contributed by atoms with E-state index >= 15 is 0 Å². The quantitative estimate of drug-likeness (QED) is 0.617. The van der Waals surface area contributed by atoms with Crippen molar-refractivity contribution in [2.24, 2.45) is 0 Å². The highest BCUT2D eigenvalue weighted by molar-refractivity contribution is 7.89. The van der Waals surface area contributed by atoms with E-state index in [1.807, 2.05) is 12.1 Å². The smallest absolute Gasteiger partial charge is 0.267 e. The molecule has 174 valence electrons. The van der Waals surface area contributed by atoms with E-state index in [-0.39, 0.29) is 23.5 Å². The molecule has 0 N–H and O–H groups in total. The highest BCUT2D eigenvalue weighted by Gasteiger charge is 2.45. The number of nitrogens with zero attached hydrogens (tertiary/aromatic N) is 3. The molecule has 1 atom stereocenters. The van der Waals surface area contributed by atoms with Crippen LogP contribution in [0.1, 0.15) is 30.1 Å². The first-order valence-electron chi connectivity index (χ1n) is 10.7. The fraction of sp³-hybridized carbons (Fsp3) is 0.348. The molecule has 0 radical (unpaired) electrons. The minimum atomic E-state index is -4.27. The van der Waals surface area contributed by atoms with Gasteiger partial charge in [-0.05, 0) is 61.9 Å². The zero-order chi connectivity index (χ0) is 23.8. The summed E-state index contributed by atoms with van der Waals surface area (Å²) >= 11 is 0. The SMILES string of the molecule is CC(=O)c1ccc(N2CCN(C(=O)C3CCC(=O)N3S(=O)(=O)c3ccc(F)cc3)CC2)cc1. The van der Waals surface area contributed by atoms with E-state index in [2.05, 4.69) is 4.90 Å². The molecule has 2 saturated heterocycles. The van der Waals surface area contributed by atoms with Crippen LogP contribution in [-0.2, 0) is 19.6 Å². The van der Waals surface area contributed by atoms with E-state index in [1.54, 1.807) is 17.0 Å². The van der Waals surface area contributed by atoms with E-state index in [4.69, 9.17) is 0 Å². The highest BCUT2D eigenvalue weighted by atomic mass is 32.2. The number of benzene rings is 2. The van der Waals surface area contributed by atoms with Gasteiger partial charge in [0, 0.05) is 43.9 Å². The Balaban J connectivity index is 1.46.